The van der Waals surface area contributed by atoms with E-state index >= 15 is 0 Å². The lowest BCUT2D eigenvalue weighted by molar-refractivity contribution is 1.18. The summed E-state index contributed by atoms with van der Waals surface area (Å²) < 4.78 is 28.6. The van der Waals surface area contributed by atoms with Crippen molar-refractivity contribution >= 4 is 61.0 Å². The van der Waals surface area contributed by atoms with Gasteiger partial charge in [0.25, 0.3) is 0 Å². The van der Waals surface area contributed by atoms with Crippen LogP contribution in [0.3, 0.4) is 0 Å². The molecule has 0 aliphatic rings. The van der Waals surface area contributed by atoms with E-state index in [1.165, 1.54) is 26.1 Å². The predicted molar refractivity (Wildman–Crippen MR) is 227 cm³/mol. The average molecular weight is 698 g/mol. The number of hydrogen-bond donors (Lipinski definition) is 0. The molecule has 250 valence electrons. The number of benzene rings is 8. The average Bonchev–Trinajstić information content (AvgIpc) is 3.85. The molecule has 0 radical (unpaired) electrons. The maximum Gasteiger partial charge on any atom is 0.0630 e. The topological polar surface area (TPSA) is 8.17 Å². The molecule has 0 aliphatic heterocycles. The van der Waals surface area contributed by atoms with E-state index in [9.17, 15) is 1.37 Å². The van der Waals surface area contributed by atoms with Gasteiger partial charge in [-0.1, -0.05) is 133 Å². The first-order valence-corrected chi connectivity index (χ1v) is 18.6. The van der Waals surface area contributed by atoms with Crippen LogP contribution >= 0.6 is 11.3 Å². The Hall–Kier alpha value is -6.68. The van der Waals surface area contributed by atoms with Crippen molar-refractivity contribution in [2.24, 2.45) is 0 Å². The molecule has 2 heterocycles. The number of para-hydroxylation sites is 2. The summed E-state index contributed by atoms with van der Waals surface area (Å²) in [5.74, 6) is 0. The van der Waals surface area contributed by atoms with Gasteiger partial charge < -0.3 is 9.47 Å². The fourth-order valence-electron chi connectivity index (χ4n) is 7.46. The van der Waals surface area contributed by atoms with Gasteiger partial charge in [0.2, 0.25) is 0 Å². The maximum absolute atomic E-state index is 9.33. The highest BCUT2D eigenvalue weighted by molar-refractivity contribution is 7.18. The van der Waals surface area contributed by atoms with E-state index in [0.29, 0.717) is 6.04 Å². The summed E-state index contributed by atoms with van der Waals surface area (Å²) in [5.41, 5.74) is 9.92. The van der Waals surface area contributed by atoms with E-state index in [1.54, 1.807) is 23.5 Å². The van der Waals surface area contributed by atoms with Crippen LogP contribution in [0.1, 0.15) is 4.11 Å². The maximum atomic E-state index is 9.33. The standard InChI is InChI=1S/C50H34N2S/c1-3-13-37(14-4-1)49-32-33-50(53-49)38-24-29-42(30-25-38)52-47-20-10-9-19-44(47)45-34-39(26-31-48(45)52)35-22-27-41(28-23-35)51(40-16-5-2-6-17-40)46-21-11-15-36-12-7-8-18-43(36)46/h1-34H/i9D,10D,26D. The fraction of sp³-hybridized carbons (Fsp3) is 0. The Bertz CT molecular complexity index is 3040. The molecule has 2 aromatic heterocycles. The monoisotopic (exact) mass is 697 g/mol. The van der Waals surface area contributed by atoms with Crippen molar-refractivity contribution in [3.63, 3.8) is 0 Å². The summed E-state index contributed by atoms with van der Waals surface area (Å²) in [5, 5.41) is 4.18. The lowest BCUT2D eigenvalue weighted by Crippen LogP contribution is -2.10. The first-order chi connectivity index (χ1) is 27.5. The normalized spacial score (nSPS) is 12.2. The van der Waals surface area contributed by atoms with E-state index in [0.717, 1.165) is 61.2 Å². The quantitative estimate of drug-likeness (QED) is 0.161. The van der Waals surface area contributed by atoms with Gasteiger partial charge in [0.1, 0.15) is 0 Å². The highest BCUT2D eigenvalue weighted by atomic mass is 32.1. The van der Waals surface area contributed by atoms with E-state index in [4.69, 9.17) is 2.74 Å². The molecule has 8 aromatic carbocycles. The van der Waals surface area contributed by atoms with Crippen LogP contribution in [0, 0.1) is 0 Å². The lowest BCUT2D eigenvalue weighted by Gasteiger charge is -2.27. The number of hydrogen-bond acceptors (Lipinski definition) is 2. The molecule has 0 spiro atoms. The smallest absolute Gasteiger partial charge is 0.0630 e. The molecule has 10 rings (SSSR count). The Morgan fingerprint density at radius 1 is 0.434 bits per heavy atom. The molecule has 0 fully saturated rings. The van der Waals surface area contributed by atoms with Gasteiger partial charge in [-0.15, -0.1) is 11.3 Å². The van der Waals surface area contributed by atoms with Gasteiger partial charge >= 0.3 is 0 Å². The summed E-state index contributed by atoms with van der Waals surface area (Å²) in [6.07, 6.45) is 0. The van der Waals surface area contributed by atoms with Gasteiger partial charge in [-0.25, -0.2) is 0 Å². The molecule has 0 unspecified atom stereocenters. The molecule has 0 atom stereocenters. The van der Waals surface area contributed by atoms with Gasteiger partial charge in [-0.05, 0) is 100 Å². The molecule has 0 aliphatic carbocycles. The van der Waals surface area contributed by atoms with Crippen LogP contribution in [0.4, 0.5) is 17.1 Å². The second-order valence-electron chi connectivity index (χ2n) is 13.2. The van der Waals surface area contributed by atoms with E-state index in [1.807, 2.05) is 18.2 Å². The zero-order chi connectivity index (χ0) is 37.8. The Balaban J connectivity index is 1.05. The Morgan fingerprint density at radius 3 is 1.85 bits per heavy atom. The summed E-state index contributed by atoms with van der Waals surface area (Å²) in [6, 6.07) is 65.4. The summed E-state index contributed by atoms with van der Waals surface area (Å²) in [7, 11) is 0. The first-order valence-electron chi connectivity index (χ1n) is 19.3. The van der Waals surface area contributed by atoms with Gasteiger partial charge in [0, 0.05) is 43.0 Å². The number of aromatic nitrogens is 1. The highest BCUT2D eigenvalue weighted by Gasteiger charge is 2.17. The molecule has 0 saturated heterocycles. The van der Waals surface area contributed by atoms with Crippen LogP contribution in [0.25, 0.3) is 70.3 Å². The minimum absolute atomic E-state index is 0.168. The molecule has 0 saturated carbocycles. The van der Waals surface area contributed by atoms with E-state index < -0.39 is 0 Å². The SMILES string of the molecule is [2H]c1cc2c3cc(-c4ccc(N(c5ccccc5)c5cccc6ccccc56)cc4)c([2H])cc3n(-c3ccc(-c4ccc(-c5ccccc5)s4)cc3)c2cc1[2H]. The minimum Gasteiger partial charge on any atom is -0.310 e. The lowest BCUT2D eigenvalue weighted by atomic mass is 10.0. The Kier molecular flexibility index (Phi) is 6.93. The summed E-state index contributed by atoms with van der Waals surface area (Å²) in [6.45, 7) is 0. The number of thiophene rings is 1. The molecular weight excluding hydrogens is 661 g/mol. The Morgan fingerprint density at radius 2 is 1.06 bits per heavy atom. The molecule has 2 nitrogen and oxygen atoms in total. The van der Waals surface area contributed by atoms with Crippen LogP contribution in [-0.4, -0.2) is 4.57 Å². The zero-order valence-electron chi connectivity index (χ0n) is 31.7. The van der Waals surface area contributed by atoms with Gasteiger partial charge in [-0.3, -0.25) is 0 Å². The third-order valence-electron chi connectivity index (χ3n) is 10.0. The van der Waals surface area contributed by atoms with Crippen molar-refractivity contribution < 1.29 is 4.11 Å². The molecule has 0 amide bonds. The molecule has 3 heteroatoms. The summed E-state index contributed by atoms with van der Waals surface area (Å²) >= 11 is 1.77. The second kappa shape index (κ2) is 13.1. The molecule has 10 aromatic rings. The molecule has 0 bridgehead atoms. The van der Waals surface area contributed by atoms with Crippen molar-refractivity contribution in [3.8, 4) is 37.7 Å². The largest absolute Gasteiger partial charge is 0.310 e. The predicted octanol–water partition coefficient (Wildman–Crippen LogP) is 14.5. The van der Waals surface area contributed by atoms with E-state index in [-0.39, 0.29) is 12.1 Å². The van der Waals surface area contributed by atoms with Crippen molar-refractivity contribution in [2.45, 2.75) is 0 Å². The van der Waals surface area contributed by atoms with Crippen LogP contribution in [0.5, 0.6) is 0 Å². The number of nitrogens with zero attached hydrogens (tertiary/aromatic N) is 2. The first kappa shape index (κ1) is 28.0. The van der Waals surface area contributed by atoms with Crippen LogP contribution in [0.2, 0.25) is 0 Å². The minimum atomic E-state index is 0.168. The molecule has 0 N–H and O–H groups in total. The van der Waals surface area contributed by atoms with Crippen molar-refractivity contribution in [2.75, 3.05) is 4.90 Å². The van der Waals surface area contributed by atoms with Crippen molar-refractivity contribution in [1.82, 2.24) is 4.57 Å². The van der Waals surface area contributed by atoms with Crippen molar-refractivity contribution in [3.05, 3.63) is 206 Å². The van der Waals surface area contributed by atoms with E-state index in [2.05, 4.69) is 167 Å². The Labute approximate surface area is 317 Å². The zero-order valence-corrected chi connectivity index (χ0v) is 29.5. The van der Waals surface area contributed by atoms with Crippen LogP contribution < -0.4 is 4.90 Å². The number of rotatable bonds is 7. The van der Waals surface area contributed by atoms with Gasteiger partial charge in [0.15, 0.2) is 0 Å². The number of fused-ring (bicyclic) bond motifs is 4. The molecular formula is C50H34N2S. The highest BCUT2D eigenvalue weighted by Crippen LogP contribution is 2.41. The van der Waals surface area contributed by atoms with Crippen LogP contribution in [0.15, 0.2) is 206 Å². The third-order valence-corrected chi connectivity index (χ3v) is 11.2. The summed E-state index contributed by atoms with van der Waals surface area (Å²) in [4.78, 5) is 4.70. The fourth-order valence-corrected chi connectivity index (χ4v) is 8.48. The van der Waals surface area contributed by atoms with Gasteiger partial charge in [-0.2, -0.15) is 0 Å². The van der Waals surface area contributed by atoms with Crippen molar-refractivity contribution in [1.29, 1.82) is 0 Å². The van der Waals surface area contributed by atoms with Gasteiger partial charge in [0.05, 0.1) is 20.8 Å². The number of anilines is 3. The van der Waals surface area contributed by atoms with Crippen LogP contribution in [-0.2, 0) is 0 Å². The second-order valence-corrected chi connectivity index (χ2v) is 14.2. The third kappa shape index (κ3) is 5.59. The molecule has 53 heavy (non-hydrogen) atoms.